The molecule has 38 heavy (non-hydrogen) atoms. The summed E-state index contributed by atoms with van der Waals surface area (Å²) in [5.41, 5.74) is 1.90. The van der Waals surface area contributed by atoms with E-state index in [1.165, 1.54) is 56.4 Å². The number of sulfonamides is 2. The molecule has 2 aromatic carbocycles. The lowest BCUT2D eigenvalue weighted by atomic mass is 9.85. The van der Waals surface area contributed by atoms with Crippen LogP contribution in [0.15, 0.2) is 57.6 Å². The van der Waals surface area contributed by atoms with Crippen molar-refractivity contribution < 1.29 is 16.8 Å². The zero-order valence-corrected chi connectivity index (χ0v) is 24.5. The minimum absolute atomic E-state index is 0.0386. The van der Waals surface area contributed by atoms with Crippen molar-refractivity contribution in [3.8, 4) is 0 Å². The van der Waals surface area contributed by atoms with E-state index < -0.39 is 20.0 Å². The molecule has 4 rings (SSSR count). The van der Waals surface area contributed by atoms with Gasteiger partial charge in [-0.05, 0) is 62.9 Å². The maximum absolute atomic E-state index is 13.3. The van der Waals surface area contributed by atoms with Gasteiger partial charge in [-0.25, -0.2) is 21.8 Å². The molecule has 0 radical (unpaired) electrons. The van der Waals surface area contributed by atoms with E-state index in [9.17, 15) is 16.8 Å². The van der Waals surface area contributed by atoms with E-state index >= 15 is 0 Å². The number of benzene rings is 2. The zero-order valence-electron chi connectivity index (χ0n) is 22.0. The fourth-order valence-electron chi connectivity index (χ4n) is 4.96. The van der Waals surface area contributed by atoms with Crippen molar-refractivity contribution in [2.45, 2.75) is 81.0 Å². The van der Waals surface area contributed by atoms with Gasteiger partial charge < -0.3 is 5.32 Å². The molecule has 3 N–H and O–H groups in total. The number of aryl methyl sites for hydroxylation is 2. The summed E-state index contributed by atoms with van der Waals surface area (Å²) < 4.78 is 57.6. The van der Waals surface area contributed by atoms with Gasteiger partial charge >= 0.3 is 0 Å². The van der Waals surface area contributed by atoms with Gasteiger partial charge in [-0.3, -0.25) is 9.44 Å². The standard InChI is InChI=1S/C27H36N4O4S3/c1-19(16-22-10-5-4-6-11-22)28-18-23-12-7-8-15-26(23)31-37(32,33)25-14-9-13-24(17-25)30-38(34,35)27-20(2)29-21(3)36-27/h7-9,12-15,17,19,22,28,30-31H,4-6,10-11,16,18H2,1-3H3/t19-/m0/s1. The molecule has 0 aliphatic heterocycles. The van der Waals surface area contributed by atoms with E-state index in [2.05, 4.69) is 26.7 Å². The predicted molar refractivity (Wildman–Crippen MR) is 154 cm³/mol. The molecule has 11 heteroatoms. The number of para-hydroxylation sites is 1. The van der Waals surface area contributed by atoms with Gasteiger partial charge in [0.1, 0.15) is 0 Å². The van der Waals surface area contributed by atoms with Crippen molar-refractivity contribution in [3.05, 3.63) is 64.8 Å². The highest BCUT2D eigenvalue weighted by Gasteiger charge is 2.23. The number of hydrogen-bond donors (Lipinski definition) is 3. The van der Waals surface area contributed by atoms with Gasteiger partial charge in [0.05, 0.1) is 27.0 Å². The van der Waals surface area contributed by atoms with Gasteiger partial charge in [0, 0.05) is 12.6 Å². The van der Waals surface area contributed by atoms with Gasteiger partial charge in [-0.2, -0.15) is 0 Å². The second-order valence-electron chi connectivity index (χ2n) is 10.0. The average molecular weight is 577 g/mol. The molecule has 1 atom stereocenters. The molecule has 1 aromatic heterocycles. The van der Waals surface area contributed by atoms with Gasteiger partial charge in [0.25, 0.3) is 20.0 Å². The zero-order chi connectivity index (χ0) is 27.3. The third-order valence-electron chi connectivity index (χ3n) is 6.82. The Bertz CT molecular complexity index is 1460. The number of nitrogens with zero attached hydrogens (tertiary/aromatic N) is 1. The van der Waals surface area contributed by atoms with Crippen LogP contribution in [0.1, 0.15) is 61.7 Å². The van der Waals surface area contributed by atoms with Crippen LogP contribution in [-0.4, -0.2) is 27.9 Å². The minimum atomic E-state index is -3.97. The van der Waals surface area contributed by atoms with Crippen molar-refractivity contribution in [1.29, 1.82) is 0 Å². The van der Waals surface area contributed by atoms with Crippen molar-refractivity contribution >= 4 is 42.8 Å². The van der Waals surface area contributed by atoms with Crippen LogP contribution < -0.4 is 14.8 Å². The summed E-state index contributed by atoms with van der Waals surface area (Å²) >= 11 is 1.07. The van der Waals surface area contributed by atoms with Crippen molar-refractivity contribution in [3.63, 3.8) is 0 Å². The third-order valence-corrected chi connectivity index (χ3v) is 11.2. The van der Waals surface area contributed by atoms with E-state index in [1.54, 1.807) is 26.0 Å². The van der Waals surface area contributed by atoms with Gasteiger partial charge in [0.2, 0.25) is 0 Å². The Morgan fingerprint density at radius 2 is 1.68 bits per heavy atom. The molecule has 0 spiro atoms. The van der Waals surface area contributed by atoms with Crippen LogP contribution in [0.2, 0.25) is 0 Å². The first-order valence-electron chi connectivity index (χ1n) is 12.9. The van der Waals surface area contributed by atoms with E-state index in [1.807, 2.05) is 12.1 Å². The molecule has 0 unspecified atom stereocenters. The highest BCUT2D eigenvalue weighted by atomic mass is 32.2. The molecule has 0 saturated heterocycles. The van der Waals surface area contributed by atoms with Crippen molar-refractivity contribution in [2.75, 3.05) is 9.44 Å². The monoisotopic (exact) mass is 576 g/mol. The number of anilines is 2. The van der Waals surface area contributed by atoms with Crippen LogP contribution in [0.4, 0.5) is 11.4 Å². The SMILES string of the molecule is Cc1nc(C)c(S(=O)(=O)Nc2cccc(S(=O)(=O)Nc3ccccc3CN[C@@H](C)CC3CCCCC3)c2)s1. The summed E-state index contributed by atoms with van der Waals surface area (Å²) in [6.07, 6.45) is 7.68. The third kappa shape index (κ3) is 7.34. The molecule has 1 aliphatic carbocycles. The predicted octanol–water partition coefficient (Wildman–Crippen LogP) is 5.81. The molecule has 3 aromatic rings. The molecule has 1 heterocycles. The molecule has 1 aliphatic rings. The first-order chi connectivity index (χ1) is 18.0. The highest BCUT2D eigenvalue weighted by molar-refractivity contribution is 7.94. The summed E-state index contributed by atoms with van der Waals surface area (Å²) in [5.74, 6) is 0.758. The molecular weight excluding hydrogens is 541 g/mol. The molecule has 8 nitrogen and oxygen atoms in total. The average Bonchev–Trinajstić information content (AvgIpc) is 3.22. The van der Waals surface area contributed by atoms with Crippen LogP contribution in [0, 0.1) is 19.8 Å². The maximum atomic E-state index is 13.3. The van der Waals surface area contributed by atoms with Crippen LogP contribution >= 0.6 is 11.3 Å². The number of aromatic nitrogens is 1. The van der Waals surface area contributed by atoms with E-state index in [0.29, 0.717) is 29.0 Å². The molecule has 0 bridgehead atoms. The summed E-state index contributed by atoms with van der Waals surface area (Å²) in [6.45, 7) is 6.09. The quantitative estimate of drug-likeness (QED) is 0.265. The molecule has 206 valence electrons. The second-order valence-corrected chi connectivity index (χ2v) is 14.8. The minimum Gasteiger partial charge on any atom is -0.310 e. The second kappa shape index (κ2) is 12.1. The Kier molecular flexibility index (Phi) is 9.12. The Labute approximate surface area is 230 Å². The molecule has 1 saturated carbocycles. The van der Waals surface area contributed by atoms with Crippen LogP contribution in [0.25, 0.3) is 0 Å². The Morgan fingerprint density at radius 3 is 2.39 bits per heavy atom. The van der Waals surface area contributed by atoms with Gasteiger partial charge in [0.15, 0.2) is 4.21 Å². The lowest BCUT2D eigenvalue weighted by Gasteiger charge is -2.25. The lowest BCUT2D eigenvalue weighted by molar-refractivity contribution is 0.305. The Morgan fingerprint density at radius 1 is 0.947 bits per heavy atom. The maximum Gasteiger partial charge on any atom is 0.273 e. The Balaban J connectivity index is 1.45. The number of rotatable bonds is 11. The van der Waals surface area contributed by atoms with E-state index in [0.717, 1.165) is 29.2 Å². The molecule has 1 fully saturated rings. The highest BCUT2D eigenvalue weighted by Crippen LogP contribution is 2.29. The summed E-state index contributed by atoms with van der Waals surface area (Å²) in [5, 5.41) is 4.19. The largest absolute Gasteiger partial charge is 0.310 e. The number of hydrogen-bond acceptors (Lipinski definition) is 7. The normalized spacial score (nSPS) is 15.8. The van der Waals surface area contributed by atoms with Crippen LogP contribution in [0.5, 0.6) is 0 Å². The smallest absolute Gasteiger partial charge is 0.273 e. The Hall–Kier alpha value is -2.47. The first kappa shape index (κ1) is 28.5. The number of thiazole rings is 1. The van der Waals surface area contributed by atoms with Crippen LogP contribution in [-0.2, 0) is 26.6 Å². The summed E-state index contributed by atoms with van der Waals surface area (Å²) in [7, 11) is -7.86. The fourth-order valence-corrected chi connectivity index (χ4v) is 8.64. The van der Waals surface area contributed by atoms with Crippen molar-refractivity contribution in [1.82, 2.24) is 10.3 Å². The summed E-state index contributed by atoms with van der Waals surface area (Å²) in [4.78, 5) is 4.14. The topological polar surface area (TPSA) is 117 Å². The van der Waals surface area contributed by atoms with Crippen LogP contribution in [0.3, 0.4) is 0 Å². The van der Waals surface area contributed by atoms with E-state index in [-0.39, 0.29) is 14.8 Å². The molecule has 0 amide bonds. The summed E-state index contributed by atoms with van der Waals surface area (Å²) in [6, 6.07) is 13.4. The molecular formula is C27H36N4O4S3. The lowest BCUT2D eigenvalue weighted by Crippen LogP contribution is -2.29. The number of nitrogens with one attached hydrogen (secondary N) is 3. The first-order valence-corrected chi connectivity index (χ1v) is 16.7. The van der Waals surface area contributed by atoms with Gasteiger partial charge in [-0.1, -0.05) is 56.4 Å². The van der Waals surface area contributed by atoms with E-state index in [4.69, 9.17) is 0 Å². The van der Waals surface area contributed by atoms with Gasteiger partial charge in [-0.15, -0.1) is 11.3 Å². The van der Waals surface area contributed by atoms with Crippen molar-refractivity contribution in [2.24, 2.45) is 5.92 Å². The fraction of sp³-hybridized carbons (Fsp3) is 0.444.